The molecule has 0 bridgehead atoms. The van der Waals surface area contributed by atoms with Crippen LogP contribution < -0.4 is 5.43 Å². The van der Waals surface area contributed by atoms with E-state index in [2.05, 4.69) is 26.9 Å². The smallest absolute Gasteiger partial charge is 0.211 e. The molecule has 1 aromatic carbocycles. The lowest BCUT2D eigenvalue weighted by atomic mass is 10.2. The van der Waals surface area contributed by atoms with Gasteiger partial charge in [-0.25, -0.2) is 0 Å². The molecule has 0 fully saturated rings. The lowest BCUT2D eigenvalue weighted by Crippen LogP contribution is -2.20. The minimum absolute atomic E-state index is 0.113. The minimum atomic E-state index is -0.159. The second-order valence-corrected chi connectivity index (χ2v) is 4.69. The van der Waals surface area contributed by atoms with E-state index in [0.29, 0.717) is 16.6 Å². The highest BCUT2D eigenvalue weighted by molar-refractivity contribution is 9.10. The highest BCUT2D eigenvalue weighted by Crippen LogP contribution is 2.17. The molecule has 4 nitrogen and oxygen atoms in total. The quantitative estimate of drug-likeness (QED) is 0.870. The molecule has 1 N–H and O–H groups in total. The molecular weight excluding hydrogens is 296 g/mol. The molecule has 2 rings (SSSR count). The number of terminal acetylenes is 1. The zero-order chi connectivity index (χ0) is 13.1. The molecule has 0 aliphatic heterocycles. The standard InChI is InChI=1S/C13H11BrN2O2/c1-2-6-16-12-4-3-9(14)8-10(12)13(18)11(15-16)5-7-17/h1,3-4,8,17H,5-7H2. The summed E-state index contributed by atoms with van der Waals surface area (Å²) in [5.74, 6) is 2.50. The molecule has 5 heteroatoms. The van der Waals surface area contributed by atoms with Crippen molar-refractivity contribution < 1.29 is 5.11 Å². The van der Waals surface area contributed by atoms with E-state index in [0.717, 1.165) is 4.47 Å². The summed E-state index contributed by atoms with van der Waals surface area (Å²) in [5.41, 5.74) is 0.870. The Hall–Kier alpha value is -1.64. The molecule has 0 aliphatic carbocycles. The summed E-state index contributed by atoms with van der Waals surface area (Å²) in [5, 5.41) is 13.7. The molecule has 0 spiro atoms. The van der Waals surface area contributed by atoms with Crippen molar-refractivity contribution in [1.82, 2.24) is 9.78 Å². The van der Waals surface area contributed by atoms with Crippen LogP contribution in [0.3, 0.4) is 0 Å². The van der Waals surface area contributed by atoms with Crippen LogP contribution in [0.4, 0.5) is 0 Å². The Morgan fingerprint density at radius 1 is 1.50 bits per heavy atom. The zero-order valence-electron chi connectivity index (χ0n) is 9.56. The molecule has 0 unspecified atom stereocenters. The van der Waals surface area contributed by atoms with E-state index in [1.165, 1.54) is 0 Å². The Balaban J connectivity index is 2.79. The third kappa shape index (κ3) is 2.30. The molecule has 0 amide bonds. The fraction of sp³-hybridized carbons (Fsp3) is 0.231. The predicted octanol–water partition coefficient (Wildman–Crippen LogP) is 1.33. The summed E-state index contributed by atoms with van der Waals surface area (Å²) in [7, 11) is 0. The Bertz CT molecular complexity index is 686. The van der Waals surface area contributed by atoms with E-state index in [1.54, 1.807) is 16.8 Å². The van der Waals surface area contributed by atoms with Crippen LogP contribution in [0.1, 0.15) is 5.69 Å². The molecule has 2 aromatic rings. The van der Waals surface area contributed by atoms with Gasteiger partial charge in [0.25, 0.3) is 0 Å². The van der Waals surface area contributed by atoms with Crippen LogP contribution >= 0.6 is 15.9 Å². The van der Waals surface area contributed by atoms with Gasteiger partial charge in [-0.1, -0.05) is 21.9 Å². The zero-order valence-corrected chi connectivity index (χ0v) is 11.1. The molecule has 0 aliphatic rings. The second kappa shape index (κ2) is 5.34. The fourth-order valence-corrected chi connectivity index (χ4v) is 2.15. The first-order chi connectivity index (χ1) is 8.67. The summed E-state index contributed by atoms with van der Waals surface area (Å²) in [6, 6.07) is 5.38. The molecule has 0 radical (unpaired) electrons. The van der Waals surface area contributed by atoms with E-state index < -0.39 is 0 Å². The van der Waals surface area contributed by atoms with Crippen molar-refractivity contribution >= 4 is 26.8 Å². The first kappa shape index (κ1) is 12.8. The average Bonchev–Trinajstić information content (AvgIpc) is 2.35. The Morgan fingerprint density at radius 3 is 2.94 bits per heavy atom. The van der Waals surface area contributed by atoms with Crippen molar-refractivity contribution in [1.29, 1.82) is 0 Å². The van der Waals surface area contributed by atoms with Crippen molar-refractivity contribution in [2.24, 2.45) is 0 Å². The maximum atomic E-state index is 12.2. The summed E-state index contributed by atoms with van der Waals surface area (Å²) >= 11 is 3.34. The van der Waals surface area contributed by atoms with Gasteiger partial charge in [0, 0.05) is 17.5 Å². The summed E-state index contributed by atoms with van der Waals surface area (Å²) in [6.45, 7) is 0.175. The van der Waals surface area contributed by atoms with Crippen molar-refractivity contribution in [3.63, 3.8) is 0 Å². The van der Waals surface area contributed by atoms with Crippen molar-refractivity contribution in [3.05, 3.63) is 38.6 Å². The highest BCUT2D eigenvalue weighted by atomic mass is 79.9. The van der Waals surface area contributed by atoms with E-state index in [1.807, 2.05) is 6.07 Å². The van der Waals surface area contributed by atoms with E-state index >= 15 is 0 Å². The average molecular weight is 307 g/mol. The SMILES string of the molecule is C#CCn1nc(CCO)c(=O)c2cc(Br)ccc21. The van der Waals surface area contributed by atoms with E-state index in [4.69, 9.17) is 11.5 Å². The molecule has 18 heavy (non-hydrogen) atoms. The first-order valence-corrected chi connectivity index (χ1v) is 6.20. The largest absolute Gasteiger partial charge is 0.396 e. The number of rotatable bonds is 3. The predicted molar refractivity (Wildman–Crippen MR) is 73.3 cm³/mol. The Kier molecular flexibility index (Phi) is 3.80. The topological polar surface area (TPSA) is 55.1 Å². The summed E-state index contributed by atoms with van der Waals surface area (Å²) < 4.78 is 2.43. The van der Waals surface area contributed by atoms with Crippen molar-refractivity contribution in [3.8, 4) is 12.3 Å². The first-order valence-electron chi connectivity index (χ1n) is 5.41. The van der Waals surface area contributed by atoms with Crippen LogP contribution in [-0.2, 0) is 13.0 Å². The maximum Gasteiger partial charge on any atom is 0.211 e. The van der Waals surface area contributed by atoms with Crippen molar-refractivity contribution in [2.45, 2.75) is 13.0 Å². The number of nitrogens with zero attached hydrogens (tertiary/aromatic N) is 2. The number of halogens is 1. The van der Waals surface area contributed by atoms with Gasteiger partial charge in [0.15, 0.2) is 0 Å². The second-order valence-electron chi connectivity index (χ2n) is 3.77. The number of aromatic nitrogens is 2. The monoisotopic (exact) mass is 306 g/mol. The number of benzene rings is 1. The molecule has 92 valence electrons. The number of fused-ring (bicyclic) bond motifs is 1. The van der Waals surface area contributed by atoms with Crippen molar-refractivity contribution in [2.75, 3.05) is 6.61 Å². The molecule has 0 atom stereocenters. The molecule has 1 aromatic heterocycles. The van der Waals surface area contributed by atoms with E-state index in [9.17, 15) is 4.79 Å². The fourth-order valence-electron chi connectivity index (χ4n) is 1.79. The van der Waals surface area contributed by atoms with Gasteiger partial charge < -0.3 is 5.11 Å². The summed E-state index contributed by atoms with van der Waals surface area (Å²) in [4.78, 5) is 12.2. The van der Waals surface area contributed by atoms with Gasteiger partial charge in [0.2, 0.25) is 5.43 Å². The van der Waals surface area contributed by atoms with Gasteiger partial charge in [0.05, 0.1) is 10.9 Å². The highest BCUT2D eigenvalue weighted by Gasteiger charge is 2.10. The number of aliphatic hydroxyl groups excluding tert-OH is 1. The van der Waals surface area contributed by atoms with Crippen LogP contribution in [0.5, 0.6) is 0 Å². The lowest BCUT2D eigenvalue weighted by Gasteiger charge is -2.09. The minimum Gasteiger partial charge on any atom is -0.396 e. The normalized spacial score (nSPS) is 10.5. The maximum absolute atomic E-state index is 12.2. The Labute approximate surface area is 112 Å². The molecule has 0 saturated heterocycles. The van der Waals surface area contributed by atoms with Gasteiger partial charge >= 0.3 is 0 Å². The van der Waals surface area contributed by atoms with Crippen LogP contribution in [0.25, 0.3) is 10.9 Å². The van der Waals surface area contributed by atoms with Gasteiger partial charge in [-0.05, 0) is 18.2 Å². The molecule has 1 heterocycles. The van der Waals surface area contributed by atoms with Crippen LogP contribution in [0, 0.1) is 12.3 Å². The van der Waals surface area contributed by atoms with Gasteiger partial charge in [-0.3, -0.25) is 9.48 Å². The van der Waals surface area contributed by atoms with E-state index in [-0.39, 0.29) is 25.0 Å². The number of hydrogen-bond acceptors (Lipinski definition) is 3. The lowest BCUT2D eigenvalue weighted by molar-refractivity contribution is 0.297. The van der Waals surface area contributed by atoms with Gasteiger partial charge in [-0.2, -0.15) is 5.10 Å². The summed E-state index contributed by atoms with van der Waals surface area (Å²) in [6.07, 6.45) is 5.52. The third-order valence-electron chi connectivity index (χ3n) is 2.57. The van der Waals surface area contributed by atoms with Crippen LogP contribution in [-0.4, -0.2) is 21.5 Å². The van der Waals surface area contributed by atoms with Crippen LogP contribution in [0.2, 0.25) is 0 Å². The van der Waals surface area contributed by atoms with Gasteiger partial charge in [0.1, 0.15) is 12.2 Å². The Morgan fingerprint density at radius 2 is 2.28 bits per heavy atom. The molecular formula is C13H11BrN2O2. The third-order valence-corrected chi connectivity index (χ3v) is 3.07. The molecule has 0 saturated carbocycles. The van der Waals surface area contributed by atoms with Gasteiger partial charge in [-0.15, -0.1) is 6.42 Å². The number of hydrogen-bond donors (Lipinski definition) is 1. The number of aliphatic hydroxyl groups is 1. The van der Waals surface area contributed by atoms with Crippen LogP contribution in [0.15, 0.2) is 27.5 Å².